The average molecular weight is 288 g/mol. The second-order valence-corrected chi connectivity index (χ2v) is 5.32. The molecule has 20 heavy (non-hydrogen) atoms. The zero-order valence-corrected chi connectivity index (χ0v) is 12.9. The van der Waals surface area contributed by atoms with E-state index in [1.807, 2.05) is 36.0 Å². The van der Waals surface area contributed by atoms with E-state index in [-0.39, 0.29) is 0 Å². The van der Waals surface area contributed by atoms with Crippen LogP contribution in [-0.4, -0.2) is 14.9 Å². The van der Waals surface area contributed by atoms with E-state index < -0.39 is 0 Å². The Balaban J connectivity index is 1.93. The Bertz CT molecular complexity index is 572. The lowest BCUT2D eigenvalue weighted by molar-refractivity contribution is 0.662. The summed E-state index contributed by atoms with van der Waals surface area (Å²) in [4.78, 5) is 0. The summed E-state index contributed by atoms with van der Waals surface area (Å²) in [5.74, 6) is 1.29. The van der Waals surface area contributed by atoms with E-state index >= 15 is 0 Å². The van der Waals surface area contributed by atoms with Crippen molar-refractivity contribution in [3.05, 3.63) is 42.1 Å². The average Bonchev–Trinajstić information content (AvgIpc) is 2.86. The molecule has 0 saturated carbocycles. The van der Waals surface area contributed by atoms with E-state index in [0.717, 1.165) is 18.1 Å². The quantitative estimate of drug-likeness (QED) is 0.839. The van der Waals surface area contributed by atoms with Gasteiger partial charge < -0.3 is 10.6 Å². The van der Waals surface area contributed by atoms with Crippen LogP contribution in [-0.2, 0) is 6.54 Å². The van der Waals surface area contributed by atoms with Gasteiger partial charge in [0.2, 0.25) is 0 Å². The third-order valence-corrected chi connectivity index (χ3v) is 3.25. The molecule has 0 aliphatic carbocycles. The van der Waals surface area contributed by atoms with E-state index in [1.54, 1.807) is 0 Å². The molecule has 2 rings (SSSR count). The molecule has 2 N–H and O–H groups in total. The number of thiocarbonyl (C=S) groups is 1. The van der Waals surface area contributed by atoms with E-state index in [2.05, 4.69) is 41.7 Å². The van der Waals surface area contributed by atoms with Gasteiger partial charge >= 0.3 is 0 Å². The van der Waals surface area contributed by atoms with Crippen LogP contribution < -0.4 is 10.6 Å². The second kappa shape index (κ2) is 6.52. The number of hydrogen-bond acceptors (Lipinski definition) is 2. The maximum absolute atomic E-state index is 5.28. The van der Waals surface area contributed by atoms with Crippen LogP contribution in [0.1, 0.15) is 32.3 Å². The van der Waals surface area contributed by atoms with E-state index in [4.69, 9.17) is 12.2 Å². The standard InChI is InChI=1S/C15H20N4S/c1-4-19-10-9-14(18-19)17-15(20)16-13-7-5-12(6-8-13)11(2)3/h5-11H,4H2,1-3H3,(H2,16,17,18,20). The summed E-state index contributed by atoms with van der Waals surface area (Å²) in [5.41, 5.74) is 2.29. The van der Waals surface area contributed by atoms with Gasteiger partial charge in [-0.2, -0.15) is 5.10 Å². The molecule has 0 radical (unpaired) electrons. The number of nitrogens with one attached hydrogen (secondary N) is 2. The number of hydrogen-bond donors (Lipinski definition) is 2. The number of aromatic nitrogens is 2. The lowest BCUT2D eigenvalue weighted by atomic mass is 10.0. The van der Waals surface area contributed by atoms with Crippen molar-refractivity contribution in [1.82, 2.24) is 9.78 Å². The number of rotatable bonds is 4. The molecular weight excluding hydrogens is 268 g/mol. The number of benzene rings is 1. The zero-order valence-electron chi connectivity index (χ0n) is 12.1. The maximum atomic E-state index is 5.28. The molecule has 0 spiro atoms. The number of anilines is 2. The predicted molar refractivity (Wildman–Crippen MR) is 88.3 cm³/mol. The molecule has 106 valence electrons. The number of nitrogens with zero attached hydrogens (tertiary/aromatic N) is 2. The van der Waals surface area contributed by atoms with Crippen molar-refractivity contribution >= 4 is 28.8 Å². The first kappa shape index (κ1) is 14.5. The summed E-state index contributed by atoms with van der Waals surface area (Å²) in [6.45, 7) is 7.25. The van der Waals surface area contributed by atoms with Crippen molar-refractivity contribution in [2.75, 3.05) is 10.6 Å². The zero-order chi connectivity index (χ0) is 14.5. The van der Waals surface area contributed by atoms with E-state index in [0.29, 0.717) is 11.0 Å². The first-order chi connectivity index (χ1) is 9.58. The fraction of sp³-hybridized carbons (Fsp3) is 0.333. The van der Waals surface area contributed by atoms with Gasteiger partial charge in [-0.3, -0.25) is 4.68 Å². The van der Waals surface area contributed by atoms with Crippen LogP contribution in [0.5, 0.6) is 0 Å². The third-order valence-electron chi connectivity index (χ3n) is 3.04. The van der Waals surface area contributed by atoms with Crippen LogP contribution in [0.3, 0.4) is 0 Å². The van der Waals surface area contributed by atoms with Crippen LogP contribution in [0.4, 0.5) is 11.5 Å². The van der Waals surface area contributed by atoms with Gasteiger partial charge in [-0.1, -0.05) is 26.0 Å². The monoisotopic (exact) mass is 288 g/mol. The van der Waals surface area contributed by atoms with Crippen molar-refractivity contribution in [2.24, 2.45) is 0 Å². The molecule has 0 aliphatic heterocycles. The fourth-order valence-electron chi connectivity index (χ4n) is 1.83. The highest BCUT2D eigenvalue weighted by atomic mass is 32.1. The molecule has 1 heterocycles. The SMILES string of the molecule is CCn1ccc(NC(=S)Nc2ccc(C(C)C)cc2)n1. The van der Waals surface area contributed by atoms with Crippen LogP contribution in [0.2, 0.25) is 0 Å². The van der Waals surface area contributed by atoms with Crippen LogP contribution >= 0.6 is 12.2 Å². The maximum Gasteiger partial charge on any atom is 0.176 e. The van der Waals surface area contributed by atoms with Crippen LogP contribution in [0.15, 0.2) is 36.5 Å². The molecule has 0 unspecified atom stereocenters. The Morgan fingerprint density at radius 2 is 1.90 bits per heavy atom. The highest BCUT2D eigenvalue weighted by Gasteiger charge is 2.03. The minimum atomic E-state index is 0.534. The van der Waals surface area contributed by atoms with Gasteiger partial charge in [-0.05, 0) is 42.8 Å². The van der Waals surface area contributed by atoms with Gasteiger partial charge in [0.25, 0.3) is 0 Å². The van der Waals surface area contributed by atoms with Crippen molar-refractivity contribution in [3.8, 4) is 0 Å². The number of aryl methyl sites for hydroxylation is 1. The second-order valence-electron chi connectivity index (χ2n) is 4.91. The molecule has 0 atom stereocenters. The molecule has 4 nitrogen and oxygen atoms in total. The normalized spacial score (nSPS) is 10.6. The van der Waals surface area contributed by atoms with Gasteiger partial charge in [0.1, 0.15) is 0 Å². The summed E-state index contributed by atoms with van der Waals surface area (Å²) in [7, 11) is 0. The summed E-state index contributed by atoms with van der Waals surface area (Å²) in [5, 5.41) is 11.1. The van der Waals surface area contributed by atoms with Gasteiger partial charge in [0, 0.05) is 24.5 Å². The summed E-state index contributed by atoms with van der Waals surface area (Å²) >= 11 is 5.28. The van der Waals surface area contributed by atoms with Gasteiger partial charge in [0.15, 0.2) is 10.9 Å². The van der Waals surface area contributed by atoms with E-state index in [9.17, 15) is 0 Å². The topological polar surface area (TPSA) is 41.9 Å². The first-order valence-electron chi connectivity index (χ1n) is 6.80. The summed E-state index contributed by atoms with van der Waals surface area (Å²) in [6.07, 6.45) is 1.92. The van der Waals surface area contributed by atoms with Crippen LogP contribution in [0, 0.1) is 0 Å². The molecule has 1 aromatic heterocycles. The van der Waals surface area contributed by atoms with Crippen molar-refractivity contribution in [3.63, 3.8) is 0 Å². The largest absolute Gasteiger partial charge is 0.332 e. The Kier molecular flexibility index (Phi) is 4.74. The Morgan fingerprint density at radius 3 is 2.45 bits per heavy atom. The molecule has 0 aliphatic rings. The molecule has 0 fully saturated rings. The van der Waals surface area contributed by atoms with E-state index in [1.165, 1.54) is 5.56 Å². The lowest BCUT2D eigenvalue weighted by Crippen LogP contribution is -2.19. The molecule has 0 amide bonds. The van der Waals surface area contributed by atoms with Crippen molar-refractivity contribution < 1.29 is 0 Å². The fourth-order valence-corrected chi connectivity index (χ4v) is 2.06. The summed E-state index contributed by atoms with van der Waals surface area (Å²) in [6, 6.07) is 10.2. The molecule has 0 bridgehead atoms. The van der Waals surface area contributed by atoms with Crippen molar-refractivity contribution in [2.45, 2.75) is 33.2 Å². The molecule has 0 saturated heterocycles. The molecule has 5 heteroatoms. The Morgan fingerprint density at radius 1 is 1.20 bits per heavy atom. The first-order valence-corrected chi connectivity index (χ1v) is 7.20. The smallest absolute Gasteiger partial charge is 0.176 e. The molecule has 2 aromatic rings. The minimum Gasteiger partial charge on any atom is -0.332 e. The summed E-state index contributed by atoms with van der Waals surface area (Å²) < 4.78 is 1.85. The molecule has 1 aromatic carbocycles. The lowest BCUT2D eigenvalue weighted by Gasteiger charge is -2.10. The molecular formula is C15H20N4S. The Labute approximate surface area is 125 Å². The minimum absolute atomic E-state index is 0.534. The highest BCUT2D eigenvalue weighted by Crippen LogP contribution is 2.17. The highest BCUT2D eigenvalue weighted by molar-refractivity contribution is 7.80. The Hall–Kier alpha value is -1.88. The van der Waals surface area contributed by atoms with Crippen LogP contribution in [0.25, 0.3) is 0 Å². The van der Waals surface area contributed by atoms with Gasteiger partial charge in [-0.15, -0.1) is 0 Å². The third kappa shape index (κ3) is 3.81. The van der Waals surface area contributed by atoms with Gasteiger partial charge in [0.05, 0.1) is 0 Å². The van der Waals surface area contributed by atoms with Gasteiger partial charge in [-0.25, -0.2) is 0 Å². The van der Waals surface area contributed by atoms with Crippen molar-refractivity contribution in [1.29, 1.82) is 0 Å². The predicted octanol–water partition coefficient (Wildman–Crippen LogP) is 3.84.